The Balaban J connectivity index is 2.01. The first-order valence-electron chi connectivity index (χ1n) is 11.9. The van der Waals surface area contributed by atoms with E-state index in [2.05, 4.69) is 25.9 Å². The maximum atomic E-state index is 14.0. The average molecular weight is 515 g/mol. The zero-order valence-electron chi connectivity index (χ0n) is 22.4. The van der Waals surface area contributed by atoms with Gasteiger partial charge in [-0.1, -0.05) is 45.0 Å². The van der Waals surface area contributed by atoms with Crippen molar-refractivity contribution in [3.63, 3.8) is 0 Å². The minimum atomic E-state index is -3.90. The molecule has 1 heterocycles. The van der Waals surface area contributed by atoms with Crippen LogP contribution in [0.25, 0.3) is 0 Å². The standard InChI is InChI=1S/C27H38N4O4S/c1-27(2,3)20-31-23(19-29(4)5)16-26(28-31)36(32,33)30(17-21-8-12-24(34-6)13-9-21)18-22-10-14-25(35-7)15-11-22/h8-16H,17-20H2,1-7H3. The summed E-state index contributed by atoms with van der Waals surface area (Å²) < 4.78 is 41.8. The minimum Gasteiger partial charge on any atom is -0.497 e. The van der Waals surface area contributed by atoms with Gasteiger partial charge in [0.15, 0.2) is 5.03 Å². The number of sulfonamides is 1. The Morgan fingerprint density at radius 3 is 1.69 bits per heavy atom. The summed E-state index contributed by atoms with van der Waals surface area (Å²) in [5.74, 6) is 1.44. The fraction of sp³-hybridized carbons (Fsp3) is 0.444. The van der Waals surface area contributed by atoms with Crippen LogP contribution in [0.1, 0.15) is 37.6 Å². The fourth-order valence-electron chi connectivity index (χ4n) is 3.82. The Kier molecular flexibility index (Phi) is 8.81. The van der Waals surface area contributed by atoms with E-state index < -0.39 is 10.0 Å². The van der Waals surface area contributed by atoms with Crippen molar-refractivity contribution in [2.24, 2.45) is 5.41 Å². The van der Waals surface area contributed by atoms with Gasteiger partial charge >= 0.3 is 0 Å². The number of methoxy groups -OCH3 is 2. The lowest BCUT2D eigenvalue weighted by Gasteiger charge is -2.22. The molecule has 196 valence electrons. The predicted octanol–water partition coefficient (Wildman–Crippen LogP) is 4.40. The van der Waals surface area contributed by atoms with Crippen LogP contribution >= 0.6 is 0 Å². The van der Waals surface area contributed by atoms with Crippen LogP contribution in [-0.2, 0) is 36.2 Å². The topological polar surface area (TPSA) is 76.9 Å². The molecule has 0 saturated carbocycles. The Morgan fingerprint density at radius 2 is 1.31 bits per heavy atom. The SMILES string of the molecule is COc1ccc(CN(Cc2ccc(OC)cc2)S(=O)(=O)c2cc(CN(C)C)n(CC(C)(C)C)n2)cc1. The van der Waals surface area contributed by atoms with Crippen molar-refractivity contribution >= 4 is 10.0 Å². The van der Waals surface area contributed by atoms with Gasteiger partial charge in [-0.15, -0.1) is 0 Å². The maximum Gasteiger partial charge on any atom is 0.263 e. The van der Waals surface area contributed by atoms with E-state index in [0.29, 0.717) is 13.1 Å². The molecule has 8 nitrogen and oxygen atoms in total. The second kappa shape index (κ2) is 11.5. The Hall–Kier alpha value is -2.88. The first-order chi connectivity index (χ1) is 16.9. The highest BCUT2D eigenvalue weighted by Crippen LogP contribution is 2.25. The van der Waals surface area contributed by atoms with Gasteiger partial charge < -0.3 is 14.4 Å². The first-order valence-corrected chi connectivity index (χ1v) is 13.3. The van der Waals surface area contributed by atoms with Crippen LogP contribution in [0.15, 0.2) is 59.6 Å². The van der Waals surface area contributed by atoms with Crippen LogP contribution in [-0.4, -0.2) is 55.7 Å². The molecule has 3 rings (SSSR count). The molecule has 0 aliphatic carbocycles. The van der Waals surface area contributed by atoms with Gasteiger partial charge in [-0.3, -0.25) is 4.68 Å². The van der Waals surface area contributed by atoms with Crippen molar-refractivity contribution in [1.29, 1.82) is 0 Å². The molecule has 36 heavy (non-hydrogen) atoms. The summed E-state index contributed by atoms with van der Waals surface area (Å²) >= 11 is 0. The quantitative estimate of drug-likeness (QED) is 0.378. The molecule has 1 aromatic heterocycles. The van der Waals surface area contributed by atoms with Crippen molar-refractivity contribution < 1.29 is 17.9 Å². The average Bonchev–Trinajstić information content (AvgIpc) is 3.20. The lowest BCUT2D eigenvalue weighted by molar-refractivity contribution is 0.302. The number of hydrogen-bond acceptors (Lipinski definition) is 6. The van der Waals surface area contributed by atoms with E-state index in [1.165, 1.54) is 4.31 Å². The number of hydrogen-bond donors (Lipinski definition) is 0. The van der Waals surface area contributed by atoms with Gasteiger partial charge in [-0.05, 0) is 54.9 Å². The van der Waals surface area contributed by atoms with Crippen molar-refractivity contribution in [2.45, 2.75) is 52.0 Å². The Bertz CT molecular complexity index is 1180. The van der Waals surface area contributed by atoms with E-state index in [0.717, 1.165) is 28.3 Å². The molecule has 0 amide bonds. The van der Waals surface area contributed by atoms with Gasteiger partial charge in [0, 0.05) is 32.2 Å². The van der Waals surface area contributed by atoms with Gasteiger partial charge in [0.05, 0.1) is 19.9 Å². The molecular formula is C27H38N4O4S. The summed E-state index contributed by atoms with van der Waals surface area (Å²) in [6, 6.07) is 16.6. The van der Waals surface area contributed by atoms with Crippen molar-refractivity contribution in [1.82, 2.24) is 19.0 Å². The third-order valence-electron chi connectivity index (χ3n) is 5.58. The van der Waals surface area contributed by atoms with Crippen LogP contribution in [0.3, 0.4) is 0 Å². The number of aromatic nitrogens is 2. The molecule has 0 unspecified atom stereocenters. The molecule has 0 radical (unpaired) electrons. The molecular weight excluding hydrogens is 476 g/mol. The molecule has 3 aromatic rings. The number of ether oxygens (including phenoxy) is 2. The lowest BCUT2D eigenvalue weighted by Crippen LogP contribution is -2.31. The van der Waals surface area contributed by atoms with Gasteiger partial charge in [-0.25, -0.2) is 8.42 Å². The summed E-state index contributed by atoms with van der Waals surface area (Å²) in [5.41, 5.74) is 2.52. The first kappa shape index (κ1) is 27.7. The fourth-order valence-corrected chi connectivity index (χ4v) is 5.21. The molecule has 9 heteroatoms. The van der Waals surface area contributed by atoms with Gasteiger partial charge in [0.25, 0.3) is 10.0 Å². The van der Waals surface area contributed by atoms with Crippen molar-refractivity contribution in [3.8, 4) is 11.5 Å². The normalized spacial score (nSPS) is 12.4. The largest absolute Gasteiger partial charge is 0.497 e. The van der Waals surface area contributed by atoms with Crippen molar-refractivity contribution in [2.75, 3.05) is 28.3 Å². The van der Waals surface area contributed by atoms with E-state index in [9.17, 15) is 8.42 Å². The summed E-state index contributed by atoms with van der Waals surface area (Å²) in [4.78, 5) is 2.01. The zero-order valence-corrected chi connectivity index (χ0v) is 23.2. The van der Waals surface area contributed by atoms with Crippen molar-refractivity contribution in [3.05, 3.63) is 71.4 Å². The molecule has 0 atom stereocenters. The van der Waals surface area contributed by atoms with Gasteiger partial charge in [-0.2, -0.15) is 9.40 Å². The minimum absolute atomic E-state index is 0.0556. The monoisotopic (exact) mass is 514 g/mol. The Labute approximate surface area is 215 Å². The van der Waals surface area contributed by atoms with E-state index >= 15 is 0 Å². The second-order valence-corrected chi connectivity index (χ2v) is 12.3. The highest BCUT2D eigenvalue weighted by Gasteiger charge is 2.30. The molecule has 0 spiro atoms. The molecule has 0 aliphatic rings. The number of nitrogens with zero attached hydrogens (tertiary/aromatic N) is 4. The molecule has 0 bridgehead atoms. The highest BCUT2D eigenvalue weighted by atomic mass is 32.2. The van der Waals surface area contributed by atoms with Crippen LogP contribution in [0.4, 0.5) is 0 Å². The molecule has 0 fully saturated rings. The molecule has 0 N–H and O–H groups in total. The van der Waals surface area contributed by atoms with Gasteiger partial charge in [0.1, 0.15) is 11.5 Å². The number of benzene rings is 2. The maximum absolute atomic E-state index is 14.0. The lowest BCUT2D eigenvalue weighted by atomic mass is 9.97. The summed E-state index contributed by atoms with van der Waals surface area (Å²) in [7, 11) is 3.23. The van der Waals surface area contributed by atoms with Gasteiger partial charge in [0.2, 0.25) is 0 Å². The molecule has 2 aromatic carbocycles. The third kappa shape index (κ3) is 7.32. The van der Waals surface area contributed by atoms with Crippen LogP contribution in [0.5, 0.6) is 11.5 Å². The van der Waals surface area contributed by atoms with E-state index in [-0.39, 0.29) is 23.5 Å². The Morgan fingerprint density at radius 1 is 0.833 bits per heavy atom. The highest BCUT2D eigenvalue weighted by molar-refractivity contribution is 7.89. The summed E-state index contributed by atoms with van der Waals surface area (Å²) in [6.45, 7) is 7.95. The third-order valence-corrected chi connectivity index (χ3v) is 7.25. The van der Waals surface area contributed by atoms with Crippen LogP contribution in [0.2, 0.25) is 0 Å². The van der Waals surface area contributed by atoms with E-state index in [1.807, 2.05) is 72.2 Å². The molecule has 0 saturated heterocycles. The van der Waals surface area contributed by atoms with E-state index in [1.54, 1.807) is 20.3 Å². The zero-order chi connectivity index (χ0) is 26.5. The van der Waals surface area contributed by atoms with E-state index in [4.69, 9.17) is 9.47 Å². The predicted molar refractivity (Wildman–Crippen MR) is 141 cm³/mol. The van der Waals surface area contributed by atoms with Crippen LogP contribution < -0.4 is 9.47 Å². The smallest absolute Gasteiger partial charge is 0.263 e. The summed E-state index contributed by atoms with van der Waals surface area (Å²) in [5, 5.41) is 4.66. The summed E-state index contributed by atoms with van der Waals surface area (Å²) in [6.07, 6.45) is 0. The van der Waals surface area contributed by atoms with Crippen LogP contribution in [0, 0.1) is 5.41 Å². The number of rotatable bonds is 11. The second-order valence-electron chi connectivity index (χ2n) is 10.4. The molecule has 0 aliphatic heterocycles.